The number of nitrogen functional groups attached to an aromatic ring is 1. The number of pyridine rings is 1. The minimum absolute atomic E-state index is 0.616. The Kier molecular flexibility index (Phi) is 2.77. The van der Waals surface area contributed by atoms with Crippen molar-refractivity contribution in [1.29, 1.82) is 0 Å². The van der Waals surface area contributed by atoms with E-state index in [-0.39, 0.29) is 0 Å². The fourth-order valence-corrected chi connectivity index (χ4v) is 1.66. The van der Waals surface area contributed by atoms with Gasteiger partial charge in [-0.05, 0) is 24.8 Å². The Hall–Kier alpha value is -1.69. The lowest BCUT2D eigenvalue weighted by Crippen LogP contribution is -2.26. The van der Waals surface area contributed by atoms with Gasteiger partial charge in [0.25, 0.3) is 0 Å². The van der Waals surface area contributed by atoms with Gasteiger partial charge in [0.05, 0.1) is 24.1 Å². The fourth-order valence-electron chi connectivity index (χ4n) is 1.66. The molecule has 1 aromatic heterocycles. The Morgan fingerprint density at radius 1 is 1.60 bits per heavy atom. The SMILES string of the molecule is C#CCN(CC1CC1)c1ccncc1N. The second kappa shape index (κ2) is 4.22. The lowest BCUT2D eigenvalue weighted by Gasteiger charge is -2.23. The van der Waals surface area contributed by atoms with Gasteiger partial charge in [-0.2, -0.15) is 0 Å². The molecule has 1 aliphatic carbocycles. The zero-order valence-corrected chi connectivity index (χ0v) is 8.69. The van der Waals surface area contributed by atoms with Crippen molar-refractivity contribution in [2.24, 2.45) is 5.92 Å². The lowest BCUT2D eigenvalue weighted by atomic mass is 10.2. The highest BCUT2D eigenvalue weighted by molar-refractivity contribution is 5.66. The second-order valence-corrected chi connectivity index (χ2v) is 3.96. The molecule has 78 valence electrons. The molecule has 1 heterocycles. The van der Waals surface area contributed by atoms with E-state index in [4.69, 9.17) is 12.2 Å². The van der Waals surface area contributed by atoms with Crippen LogP contribution < -0.4 is 10.6 Å². The van der Waals surface area contributed by atoms with E-state index in [0.717, 1.165) is 18.2 Å². The minimum atomic E-state index is 0.616. The van der Waals surface area contributed by atoms with Crippen LogP contribution in [0.5, 0.6) is 0 Å². The highest BCUT2D eigenvalue weighted by atomic mass is 15.1. The smallest absolute Gasteiger partial charge is 0.0792 e. The van der Waals surface area contributed by atoms with Crippen LogP contribution in [0.4, 0.5) is 11.4 Å². The molecule has 2 N–H and O–H groups in total. The van der Waals surface area contributed by atoms with Gasteiger partial charge in [-0.15, -0.1) is 6.42 Å². The van der Waals surface area contributed by atoms with Gasteiger partial charge in [0, 0.05) is 12.7 Å². The molecule has 0 amide bonds. The third kappa shape index (κ3) is 2.41. The molecule has 0 unspecified atom stereocenters. The van der Waals surface area contributed by atoms with Crippen LogP contribution in [0.3, 0.4) is 0 Å². The first kappa shape index (κ1) is 9.85. The molecule has 2 rings (SSSR count). The summed E-state index contributed by atoms with van der Waals surface area (Å²) >= 11 is 0. The van der Waals surface area contributed by atoms with E-state index in [1.807, 2.05) is 6.07 Å². The number of hydrogen-bond acceptors (Lipinski definition) is 3. The normalized spacial score (nSPS) is 14.6. The third-order valence-electron chi connectivity index (χ3n) is 2.63. The highest BCUT2D eigenvalue weighted by Crippen LogP contribution is 2.32. The summed E-state index contributed by atoms with van der Waals surface area (Å²) in [6, 6.07) is 1.93. The Labute approximate surface area is 90.3 Å². The van der Waals surface area contributed by atoms with Crippen LogP contribution in [0.15, 0.2) is 18.5 Å². The van der Waals surface area contributed by atoms with Gasteiger partial charge in [-0.1, -0.05) is 5.92 Å². The first-order valence-electron chi connectivity index (χ1n) is 5.19. The second-order valence-electron chi connectivity index (χ2n) is 3.96. The minimum Gasteiger partial charge on any atom is -0.396 e. The third-order valence-corrected chi connectivity index (χ3v) is 2.63. The molecule has 0 aliphatic heterocycles. The Morgan fingerprint density at radius 2 is 2.40 bits per heavy atom. The molecule has 0 aromatic carbocycles. The number of aromatic nitrogens is 1. The summed E-state index contributed by atoms with van der Waals surface area (Å²) in [5.74, 6) is 3.47. The van der Waals surface area contributed by atoms with E-state index >= 15 is 0 Å². The standard InChI is InChI=1S/C12H15N3/c1-2-7-15(9-10-3-4-10)12-5-6-14-8-11(12)13/h1,5-6,8,10H,3-4,7,9,13H2. The molecule has 0 spiro atoms. The first-order valence-corrected chi connectivity index (χ1v) is 5.19. The summed E-state index contributed by atoms with van der Waals surface area (Å²) in [5.41, 5.74) is 7.59. The maximum absolute atomic E-state index is 5.88. The van der Waals surface area contributed by atoms with Crippen molar-refractivity contribution in [2.45, 2.75) is 12.8 Å². The maximum Gasteiger partial charge on any atom is 0.0792 e. The highest BCUT2D eigenvalue weighted by Gasteiger charge is 2.24. The van der Waals surface area contributed by atoms with Gasteiger partial charge in [0.2, 0.25) is 0 Å². The van der Waals surface area contributed by atoms with E-state index in [2.05, 4.69) is 15.8 Å². The van der Waals surface area contributed by atoms with Crippen molar-refractivity contribution in [2.75, 3.05) is 23.7 Å². The van der Waals surface area contributed by atoms with Crippen molar-refractivity contribution in [3.8, 4) is 12.3 Å². The van der Waals surface area contributed by atoms with Crippen molar-refractivity contribution in [3.05, 3.63) is 18.5 Å². The number of nitrogens with two attached hydrogens (primary N) is 1. The first-order chi connectivity index (χ1) is 7.31. The predicted molar refractivity (Wildman–Crippen MR) is 62.4 cm³/mol. The molecular formula is C12H15N3. The van der Waals surface area contributed by atoms with Gasteiger partial charge in [0.1, 0.15) is 0 Å². The summed E-state index contributed by atoms with van der Waals surface area (Å²) in [7, 11) is 0. The summed E-state index contributed by atoms with van der Waals surface area (Å²) in [5, 5.41) is 0. The molecule has 0 saturated heterocycles. The number of hydrogen-bond donors (Lipinski definition) is 1. The summed E-state index contributed by atoms with van der Waals surface area (Å²) in [6.07, 6.45) is 11.4. The van der Waals surface area contributed by atoms with Gasteiger partial charge in [-0.25, -0.2) is 0 Å². The zero-order valence-electron chi connectivity index (χ0n) is 8.69. The molecule has 1 aliphatic rings. The van der Waals surface area contributed by atoms with Crippen molar-refractivity contribution in [1.82, 2.24) is 4.98 Å². The van der Waals surface area contributed by atoms with Crippen LogP contribution in [-0.4, -0.2) is 18.1 Å². The summed E-state index contributed by atoms with van der Waals surface area (Å²) < 4.78 is 0. The molecule has 0 atom stereocenters. The Bertz CT molecular complexity index is 377. The number of anilines is 2. The molecule has 15 heavy (non-hydrogen) atoms. The largest absolute Gasteiger partial charge is 0.396 e. The Morgan fingerprint density at radius 3 is 3.00 bits per heavy atom. The fraction of sp³-hybridized carbons (Fsp3) is 0.417. The average Bonchev–Trinajstić information content (AvgIpc) is 3.02. The van der Waals surface area contributed by atoms with Crippen LogP contribution in [0.1, 0.15) is 12.8 Å². The number of rotatable bonds is 4. The van der Waals surface area contributed by atoms with Crippen LogP contribution in [-0.2, 0) is 0 Å². The van der Waals surface area contributed by atoms with Gasteiger partial charge in [0.15, 0.2) is 0 Å². The lowest BCUT2D eigenvalue weighted by molar-refractivity contribution is 0.765. The van der Waals surface area contributed by atoms with Gasteiger partial charge >= 0.3 is 0 Å². The predicted octanol–water partition coefficient (Wildman–Crippen LogP) is 1.51. The summed E-state index contributed by atoms with van der Waals surface area (Å²) in [4.78, 5) is 6.14. The topological polar surface area (TPSA) is 42.2 Å². The van der Waals surface area contributed by atoms with Crippen molar-refractivity contribution >= 4 is 11.4 Å². The number of nitrogens with zero attached hydrogens (tertiary/aromatic N) is 2. The quantitative estimate of drug-likeness (QED) is 0.751. The van der Waals surface area contributed by atoms with Crippen molar-refractivity contribution in [3.63, 3.8) is 0 Å². The zero-order chi connectivity index (χ0) is 10.7. The van der Waals surface area contributed by atoms with E-state index in [1.165, 1.54) is 12.8 Å². The molecule has 1 saturated carbocycles. The molecule has 1 fully saturated rings. The molecule has 3 nitrogen and oxygen atoms in total. The maximum atomic E-state index is 5.88. The average molecular weight is 201 g/mol. The molecular weight excluding hydrogens is 186 g/mol. The van der Waals surface area contributed by atoms with E-state index in [9.17, 15) is 0 Å². The van der Waals surface area contributed by atoms with E-state index < -0.39 is 0 Å². The van der Waals surface area contributed by atoms with Crippen LogP contribution >= 0.6 is 0 Å². The van der Waals surface area contributed by atoms with Gasteiger partial charge in [-0.3, -0.25) is 4.98 Å². The van der Waals surface area contributed by atoms with Gasteiger partial charge < -0.3 is 10.6 Å². The number of terminal acetylenes is 1. The molecule has 1 aromatic rings. The van der Waals surface area contributed by atoms with Crippen LogP contribution in [0.25, 0.3) is 0 Å². The van der Waals surface area contributed by atoms with E-state index in [1.54, 1.807) is 12.4 Å². The summed E-state index contributed by atoms with van der Waals surface area (Å²) in [6.45, 7) is 1.63. The van der Waals surface area contributed by atoms with E-state index in [0.29, 0.717) is 12.2 Å². The molecule has 0 radical (unpaired) electrons. The molecule has 3 heteroatoms. The van der Waals surface area contributed by atoms with Crippen LogP contribution in [0.2, 0.25) is 0 Å². The van der Waals surface area contributed by atoms with Crippen LogP contribution in [0, 0.1) is 18.3 Å². The molecule has 0 bridgehead atoms. The van der Waals surface area contributed by atoms with Crippen molar-refractivity contribution < 1.29 is 0 Å². The monoisotopic (exact) mass is 201 g/mol. The Balaban J connectivity index is 2.15.